The van der Waals surface area contributed by atoms with Crippen molar-refractivity contribution in [2.75, 3.05) is 37.7 Å². The standard InChI is InChI=1S/C25H37N5O2/c1-5-26-25(28-18-20-12-13-27-24(16-20)30-14-8-9-15-30)29-19(4)21-10-11-22(31-6-2)23(17-21)32-7-3/h10-13,16-17,19H,5-9,14-15,18H2,1-4H3,(H2,26,28,29). The highest BCUT2D eigenvalue weighted by molar-refractivity contribution is 5.80. The third-order valence-corrected chi connectivity index (χ3v) is 5.42. The predicted molar refractivity (Wildman–Crippen MR) is 131 cm³/mol. The summed E-state index contributed by atoms with van der Waals surface area (Å²) in [6.45, 7) is 12.9. The first-order chi connectivity index (χ1) is 15.6. The highest BCUT2D eigenvalue weighted by Gasteiger charge is 2.14. The van der Waals surface area contributed by atoms with E-state index in [0.717, 1.165) is 54.0 Å². The topological polar surface area (TPSA) is 71.0 Å². The zero-order valence-corrected chi connectivity index (χ0v) is 19.9. The minimum atomic E-state index is 0.0558. The third-order valence-electron chi connectivity index (χ3n) is 5.42. The van der Waals surface area contributed by atoms with E-state index < -0.39 is 0 Å². The van der Waals surface area contributed by atoms with Gasteiger partial charge >= 0.3 is 0 Å². The van der Waals surface area contributed by atoms with Crippen molar-refractivity contribution in [3.63, 3.8) is 0 Å². The molecule has 0 saturated carbocycles. The lowest BCUT2D eigenvalue weighted by Crippen LogP contribution is -2.38. The van der Waals surface area contributed by atoms with E-state index in [0.29, 0.717) is 19.8 Å². The molecule has 0 amide bonds. The van der Waals surface area contributed by atoms with Gasteiger partial charge in [0.2, 0.25) is 0 Å². The summed E-state index contributed by atoms with van der Waals surface area (Å²) in [4.78, 5) is 11.7. The molecule has 174 valence electrons. The van der Waals surface area contributed by atoms with Gasteiger partial charge in [0, 0.05) is 25.8 Å². The molecule has 1 aromatic heterocycles. The van der Waals surface area contributed by atoms with Gasteiger partial charge in [-0.2, -0.15) is 0 Å². The summed E-state index contributed by atoms with van der Waals surface area (Å²) in [5, 5.41) is 6.86. The smallest absolute Gasteiger partial charge is 0.192 e. The van der Waals surface area contributed by atoms with E-state index in [9.17, 15) is 0 Å². The Morgan fingerprint density at radius 1 is 1.06 bits per heavy atom. The zero-order valence-electron chi connectivity index (χ0n) is 19.9. The van der Waals surface area contributed by atoms with Gasteiger partial charge in [0.1, 0.15) is 5.82 Å². The van der Waals surface area contributed by atoms with Gasteiger partial charge in [-0.1, -0.05) is 6.07 Å². The van der Waals surface area contributed by atoms with Crippen LogP contribution in [0.1, 0.15) is 57.7 Å². The summed E-state index contributed by atoms with van der Waals surface area (Å²) in [5.41, 5.74) is 2.27. The van der Waals surface area contributed by atoms with Crippen molar-refractivity contribution in [1.82, 2.24) is 15.6 Å². The molecule has 0 bridgehead atoms. The van der Waals surface area contributed by atoms with Crippen molar-refractivity contribution >= 4 is 11.8 Å². The highest BCUT2D eigenvalue weighted by Crippen LogP contribution is 2.30. The fourth-order valence-corrected chi connectivity index (χ4v) is 3.79. The summed E-state index contributed by atoms with van der Waals surface area (Å²) in [6.07, 6.45) is 4.37. The van der Waals surface area contributed by atoms with Crippen LogP contribution in [0.3, 0.4) is 0 Å². The molecule has 1 aliphatic heterocycles. The lowest BCUT2D eigenvalue weighted by Gasteiger charge is -2.20. The van der Waals surface area contributed by atoms with E-state index in [-0.39, 0.29) is 6.04 Å². The van der Waals surface area contributed by atoms with Crippen molar-refractivity contribution in [2.45, 2.75) is 53.1 Å². The average Bonchev–Trinajstić information content (AvgIpc) is 3.34. The van der Waals surface area contributed by atoms with Gasteiger partial charge in [0.15, 0.2) is 17.5 Å². The highest BCUT2D eigenvalue weighted by atomic mass is 16.5. The first kappa shape index (κ1) is 23.7. The molecule has 1 aromatic carbocycles. The maximum Gasteiger partial charge on any atom is 0.192 e. The molecule has 1 atom stereocenters. The maximum absolute atomic E-state index is 5.78. The van der Waals surface area contributed by atoms with Gasteiger partial charge in [0.25, 0.3) is 0 Å². The maximum atomic E-state index is 5.78. The monoisotopic (exact) mass is 439 g/mol. The van der Waals surface area contributed by atoms with E-state index in [1.807, 2.05) is 38.2 Å². The summed E-state index contributed by atoms with van der Waals surface area (Å²) in [6, 6.07) is 10.3. The Balaban J connectivity index is 1.69. The average molecular weight is 440 g/mol. The number of hydrogen-bond donors (Lipinski definition) is 2. The number of aliphatic imine (C=N–C) groups is 1. The summed E-state index contributed by atoms with van der Waals surface area (Å²) in [7, 11) is 0. The Morgan fingerprint density at radius 3 is 2.53 bits per heavy atom. The molecule has 7 heteroatoms. The molecule has 2 aromatic rings. The van der Waals surface area contributed by atoms with Crippen LogP contribution in [0.15, 0.2) is 41.5 Å². The van der Waals surface area contributed by atoms with Crippen LogP contribution in [0.2, 0.25) is 0 Å². The number of ether oxygens (including phenoxy) is 2. The van der Waals surface area contributed by atoms with Crippen molar-refractivity contribution in [3.05, 3.63) is 47.7 Å². The second kappa shape index (κ2) is 12.2. The molecule has 0 radical (unpaired) electrons. The van der Waals surface area contributed by atoms with E-state index in [1.165, 1.54) is 12.8 Å². The number of pyridine rings is 1. The quantitative estimate of drug-likeness (QED) is 0.425. The molecule has 3 rings (SSSR count). The number of rotatable bonds is 10. The van der Waals surface area contributed by atoms with Crippen LogP contribution in [0.5, 0.6) is 11.5 Å². The van der Waals surface area contributed by atoms with Crippen molar-refractivity contribution in [1.29, 1.82) is 0 Å². The molecule has 1 fully saturated rings. The number of hydrogen-bond acceptors (Lipinski definition) is 5. The number of nitrogens with one attached hydrogen (secondary N) is 2. The van der Waals surface area contributed by atoms with Crippen molar-refractivity contribution in [2.24, 2.45) is 4.99 Å². The van der Waals surface area contributed by atoms with Crippen LogP contribution >= 0.6 is 0 Å². The Bertz CT molecular complexity index is 880. The fraction of sp³-hybridized carbons (Fsp3) is 0.520. The minimum absolute atomic E-state index is 0.0558. The van der Waals surface area contributed by atoms with Gasteiger partial charge in [-0.15, -0.1) is 0 Å². The van der Waals surface area contributed by atoms with Crippen molar-refractivity contribution < 1.29 is 9.47 Å². The predicted octanol–water partition coefficient (Wildman–Crippen LogP) is 4.30. The molecule has 32 heavy (non-hydrogen) atoms. The molecule has 2 heterocycles. The Morgan fingerprint density at radius 2 is 1.81 bits per heavy atom. The number of anilines is 1. The summed E-state index contributed by atoms with van der Waals surface area (Å²) >= 11 is 0. The van der Waals surface area contributed by atoms with Crippen LogP contribution in [0.4, 0.5) is 5.82 Å². The second-order valence-corrected chi connectivity index (χ2v) is 7.85. The van der Waals surface area contributed by atoms with Crippen molar-refractivity contribution in [3.8, 4) is 11.5 Å². The Kier molecular flexibility index (Phi) is 9.01. The molecular formula is C25H37N5O2. The molecule has 1 aliphatic rings. The van der Waals surface area contributed by atoms with Gasteiger partial charge in [-0.05, 0) is 75.9 Å². The molecule has 0 aliphatic carbocycles. The Hall–Kier alpha value is -2.96. The normalized spacial score (nSPS) is 14.9. The van der Waals surface area contributed by atoms with Gasteiger partial charge < -0.3 is 25.0 Å². The molecule has 2 N–H and O–H groups in total. The minimum Gasteiger partial charge on any atom is -0.490 e. The van der Waals surface area contributed by atoms with E-state index in [2.05, 4.69) is 46.5 Å². The van der Waals surface area contributed by atoms with E-state index in [1.54, 1.807) is 0 Å². The number of aromatic nitrogens is 1. The second-order valence-electron chi connectivity index (χ2n) is 7.85. The van der Waals surface area contributed by atoms with Gasteiger partial charge in [-0.3, -0.25) is 0 Å². The fourth-order valence-electron chi connectivity index (χ4n) is 3.79. The summed E-state index contributed by atoms with van der Waals surface area (Å²) in [5.74, 6) is 3.39. The summed E-state index contributed by atoms with van der Waals surface area (Å²) < 4.78 is 11.5. The van der Waals surface area contributed by atoms with Crippen LogP contribution < -0.4 is 25.0 Å². The largest absolute Gasteiger partial charge is 0.490 e. The van der Waals surface area contributed by atoms with Gasteiger partial charge in [-0.25, -0.2) is 9.98 Å². The SMILES string of the molecule is CCNC(=NCc1ccnc(N2CCCC2)c1)NC(C)c1ccc(OCC)c(OCC)c1. The molecule has 1 unspecified atom stereocenters. The van der Waals surface area contributed by atoms with Crippen LogP contribution in [-0.4, -0.2) is 43.8 Å². The first-order valence-electron chi connectivity index (χ1n) is 11.8. The zero-order chi connectivity index (χ0) is 22.8. The lowest BCUT2D eigenvalue weighted by molar-refractivity contribution is 0.287. The van der Waals surface area contributed by atoms with Crippen LogP contribution in [0, 0.1) is 0 Å². The Labute approximate surface area is 192 Å². The number of guanidine groups is 1. The lowest BCUT2D eigenvalue weighted by atomic mass is 10.1. The molecular weight excluding hydrogens is 402 g/mol. The molecule has 1 saturated heterocycles. The molecule has 7 nitrogen and oxygen atoms in total. The molecule has 0 spiro atoms. The third kappa shape index (κ3) is 6.52. The number of nitrogens with zero attached hydrogens (tertiary/aromatic N) is 3. The number of benzene rings is 1. The van der Waals surface area contributed by atoms with Crippen LogP contribution in [-0.2, 0) is 6.54 Å². The first-order valence-corrected chi connectivity index (χ1v) is 11.8. The van der Waals surface area contributed by atoms with E-state index in [4.69, 9.17) is 14.5 Å². The van der Waals surface area contributed by atoms with Gasteiger partial charge in [0.05, 0.1) is 25.8 Å². The van der Waals surface area contributed by atoms with Crippen LogP contribution in [0.25, 0.3) is 0 Å². The van der Waals surface area contributed by atoms with E-state index >= 15 is 0 Å².